The number of rotatable bonds is 9. The molecule has 5 aliphatic rings. The van der Waals surface area contributed by atoms with Crippen LogP contribution in [0.1, 0.15) is 60.3 Å². The van der Waals surface area contributed by atoms with Gasteiger partial charge >= 0.3 is 5.97 Å². The zero-order chi connectivity index (χ0) is 38.1. The number of aliphatic hydroxyl groups is 2. The van der Waals surface area contributed by atoms with Crippen molar-refractivity contribution in [3.05, 3.63) is 10.2 Å². The van der Waals surface area contributed by atoms with Crippen LogP contribution in [0, 0.1) is 17.3 Å². The molecule has 5 heterocycles. The van der Waals surface area contributed by atoms with Crippen molar-refractivity contribution in [1.82, 2.24) is 0 Å². The molecular formula is C36H57IO15. The van der Waals surface area contributed by atoms with Crippen LogP contribution in [0.25, 0.3) is 0 Å². The highest BCUT2D eigenvalue weighted by atomic mass is 127. The van der Waals surface area contributed by atoms with Crippen LogP contribution in [0.5, 0.6) is 0 Å². The van der Waals surface area contributed by atoms with Gasteiger partial charge in [0.05, 0.1) is 43.5 Å². The molecule has 0 amide bonds. The van der Waals surface area contributed by atoms with E-state index in [0.29, 0.717) is 6.42 Å². The van der Waals surface area contributed by atoms with E-state index in [4.69, 9.17) is 52.1 Å². The molecule has 17 atom stereocenters. The largest absolute Gasteiger partial charge is 0.457 e. The number of ether oxygens (including phenoxy) is 11. The molecular weight excluding hydrogens is 799 g/mol. The Morgan fingerprint density at radius 3 is 2.15 bits per heavy atom. The number of ketones is 1. The molecule has 2 N–H and O–H groups in total. The molecule has 0 spiro atoms. The number of carbonyl (C=O) groups excluding carboxylic acids is 2. The number of hydrogen-bond donors (Lipinski definition) is 2. The molecule has 0 aromatic heterocycles. The highest BCUT2D eigenvalue weighted by Gasteiger charge is 2.57. The van der Waals surface area contributed by atoms with Crippen LogP contribution in [0.4, 0.5) is 0 Å². The van der Waals surface area contributed by atoms with Crippen LogP contribution >= 0.6 is 22.6 Å². The SMILES string of the molecule is CO[C@@H]1[C@H](O[C@@H]2[C@@H](OC)[C@H](O[C@H]3C[C@@H]4CC(=O)[C@]5(O)O[C@H](C[C@H]5C)C(C)(C)[C@@H](/C=C/I)OC(=O)C[C@@H](O4)[C@@H]3C)OC[C@H]2OC)O[C@@H](C)[C@@H](O)[C@H]1OC. The van der Waals surface area contributed by atoms with Crippen LogP contribution in [0.2, 0.25) is 0 Å². The molecule has 4 bridgehead atoms. The smallest absolute Gasteiger partial charge is 0.309 e. The minimum atomic E-state index is -2.03. The van der Waals surface area contributed by atoms with Gasteiger partial charge in [-0.2, -0.15) is 0 Å². The van der Waals surface area contributed by atoms with Crippen molar-refractivity contribution in [1.29, 1.82) is 0 Å². The Kier molecular flexibility index (Phi) is 14.2. The van der Waals surface area contributed by atoms with Gasteiger partial charge in [-0.05, 0) is 23.5 Å². The van der Waals surface area contributed by atoms with Crippen LogP contribution in [0.3, 0.4) is 0 Å². The van der Waals surface area contributed by atoms with Crippen molar-refractivity contribution in [3.63, 3.8) is 0 Å². The molecule has 0 aromatic carbocycles. The lowest BCUT2D eigenvalue weighted by Crippen LogP contribution is -2.63. The molecule has 5 fully saturated rings. The monoisotopic (exact) mass is 856 g/mol. The van der Waals surface area contributed by atoms with Gasteiger partial charge in [0, 0.05) is 58.5 Å². The predicted octanol–water partition coefficient (Wildman–Crippen LogP) is 2.44. The lowest BCUT2D eigenvalue weighted by Gasteiger charge is -2.48. The zero-order valence-corrected chi connectivity index (χ0v) is 33.7. The lowest BCUT2D eigenvalue weighted by atomic mass is 9.77. The van der Waals surface area contributed by atoms with Crippen molar-refractivity contribution in [3.8, 4) is 0 Å². The van der Waals surface area contributed by atoms with Gasteiger partial charge in [0.1, 0.15) is 42.7 Å². The van der Waals surface area contributed by atoms with Crippen LogP contribution in [0.15, 0.2) is 10.2 Å². The summed E-state index contributed by atoms with van der Waals surface area (Å²) >= 11 is 2.08. The third kappa shape index (κ3) is 8.44. The Hall–Kier alpha value is -0.870. The van der Waals surface area contributed by atoms with Gasteiger partial charge in [0.2, 0.25) is 5.79 Å². The third-order valence-electron chi connectivity index (χ3n) is 11.7. The molecule has 5 aliphatic heterocycles. The minimum Gasteiger partial charge on any atom is -0.457 e. The number of Topliss-reactive ketones (excluding diaryl/α,β-unsaturated/α-hetero) is 1. The van der Waals surface area contributed by atoms with Crippen molar-refractivity contribution < 1.29 is 71.9 Å². The van der Waals surface area contributed by atoms with E-state index < -0.39 is 115 Å². The van der Waals surface area contributed by atoms with Crippen molar-refractivity contribution >= 4 is 34.3 Å². The second-order valence-corrected chi connectivity index (χ2v) is 16.0. The van der Waals surface area contributed by atoms with E-state index in [0.717, 1.165) is 0 Å². The topological polar surface area (TPSA) is 176 Å². The van der Waals surface area contributed by atoms with Gasteiger partial charge in [-0.15, -0.1) is 0 Å². The van der Waals surface area contributed by atoms with Crippen molar-refractivity contribution in [2.75, 3.05) is 35.0 Å². The number of aliphatic hydroxyl groups excluding tert-OH is 1. The summed E-state index contributed by atoms with van der Waals surface area (Å²) in [6, 6.07) is 0. The van der Waals surface area contributed by atoms with Crippen molar-refractivity contribution in [2.24, 2.45) is 17.3 Å². The highest BCUT2D eigenvalue weighted by Crippen LogP contribution is 2.46. The zero-order valence-electron chi connectivity index (χ0n) is 31.5. The number of hydrogen-bond acceptors (Lipinski definition) is 15. The van der Waals surface area contributed by atoms with Crippen molar-refractivity contribution in [2.45, 2.75) is 152 Å². The maximum absolute atomic E-state index is 13.9. The molecule has 0 aliphatic carbocycles. The standard InChI is InChI=1S/C36H57IO15/c1-17-12-26-35(4,5)25(10-11-37)50-27(39)15-22-18(2)21(13-20(48-22)14-24(38)36(17,41)52-26)49-33-31(44-8)29(23(42-6)16-46-33)51-34-32(45-9)30(43-7)28(40)19(3)47-34/h10-11,17-23,25-26,28-34,40-41H,12-16H2,1-9H3/b11-10+/t17-,18-,19+,20-,21+,22-,23-,25-,26-,28-,29+,30-,31-,32+,33+,34+,36-/m1/s1. The second-order valence-electron chi connectivity index (χ2n) is 15.3. The maximum atomic E-state index is 13.9. The Labute approximate surface area is 319 Å². The molecule has 52 heavy (non-hydrogen) atoms. The van der Waals surface area contributed by atoms with Crippen LogP contribution in [-0.4, -0.2) is 149 Å². The Morgan fingerprint density at radius 2 is 1.52 bits per heavy atom. The summed E-state index contributed by atoms with van der Waals surface area (Å²) in [6.07, 6.45) is -8.14. The lowest BCUT2D eigenvalue weighted by molar-refractivity contribution is -0.358. The van der Waals surface area contributed by atoms with Gasteiger partial charge in [-0.25, -0.2) is 0 Å². The summed E-state index contributed by atoms with van der Waals surface area (Å²) in [5.74, 6) is -3.84. The quantitative estimate of drug-likeness (QED) is 0.255. The predicted molar refractivity (Wildman–Crippen MR) is 190 cm³/mol. The molecule has 5 rings (SSSR count). The summed E-state index contributed by atoms with van der Waals surface area (Å²) < 4.78 is 68.8. The number of esters is 1. The van der Waals surface area contributed by atoms with E-state index in [1.165, 1.54) is 28.4 Å². The summed E-state index contributed by atoms with van der Waals surface area (Å²) in [5, 5.41) is 22.4. The molecule has 15 nitrogen and oxygen atoms in total. The minimum absolute atomic E-state index is 0.0849. The number of halogens is 1. The first-order valence-corrected chi connectivity index (χ1v) is 19.3. The Balaban J connectivity index is 1.39. The molecule has 0 saturated carbocycles. The molecule has 5 saturated heterocycles. The van der Waals surface area contributed by atoms with Gasteiger partial charge in [-0.3, -0.25) is 9.59 Å². The fraction of sp³-hybridized carbons (Fsp3) is 0.889. The van der Waals surface area contributed by atoms with Crippen LogP contribution in [-0.2, 0) is 61.7 Å². The first-order valence-electron chi connectivity index (χ1n) is 18.1. The molecule has 0 unspecified atom stereocenters. The highest BCUT2D eigenvalue weighted by molar-refractivity contribution is 14.1. The van der Waals surface area contributed by atoms with Gasteiger partial charge in [0.25, 0.3) is 0 Å². The van der Waals surface area contributed by atoms with E-state index in [9.17, 15) is 19.8 Å². The summed E-state index contributed by atoms with van der Waals surface area (Å²) in [6.45, 7) is 9.33. The molecule has 298 valence electrons. The third-order valence-corrected chi connectivity index (χ3v) is 12.1. The maximum Gasteiger partial charge on any atom is 0.309 e. The van der Waals surface area contributed by atoms with E-state index in [2.05, 4.69) is 22.6 Å². The average Bonchev–Trinajstić information content (AvgIpc) is 3.43. The van der Waals surface area contributed by atoms with E-state index in [-0.39, 0.29) is 31.8 Å². The second kappa shape index (κ2) is 17.5. The summed E-state index contributed by atoms with van der Waals surface area (Å²) in [5.41, 5.74) is -0.752. The van der Waals surface area contributed by atoms with Crippen LogP contribution < -0.4 is 0 Å². The molecule has 0 radical (unpaired) electrons. The summed E-state index contributed by atoms with van der Waals surface area (Å²) in [4.78, 5) is 27.5. The van der Waals surface area contributed by atoms with E-state index in [1.54, 1.807) is 24.0 Å². The van der Waals surface area contributed by atoms with Gasteiger partial charge < -0.3 is 62.3 Å². The number of fused-ring (bicyclic) bond motifs is 4. The fourth-order valence-electron chi connectivity index (χ4n) is 8.15. The molecule has 0 aromatic rings. The average molecular weight is 857 g/mol. The van der Waals surface area contributed by atoms with E-state index in [1.807, 2.05) is 20.8 Å². The number of methoxy groups -OCH3 is 4. The number of carbonyl (C=O) groups is 2. The Bertz CT molecular complexity index is 1250. The Morgan fingerprint density at radius 1 is 0.846 bits per heavy atom. The molecule has 16 heteroatoms. The van der Waals surface area contributed by atoms with E-state index >= 15 is 0 Å². The fourth-order valence-corrected chi connectivity index (χ4v) is 8.53. The first kappa shape index (κ1) is 42.3. The van der Waals surface area contributed by atoms with Gasteiger partial charge in [-0.1, -0.05) is 50.3 Å². The summed E-state index contributed by atoms with van der Waals surface area (Å²) in [7, 11) is 6.01. The normalized spacial score (nSPS) is 47.4. The first-order chi connectivity index (χ1) is 24.6. The number of cyclic esters (lactones) is 1. The van der Waals surface area contributed by atoms with Gasteiger partial charge in [0.15, 0.2) is 18.4 Å².